The SMILES string of the molecule is COc1cc(S(=O)(=O)NCc2ccco2)ccc1I. The molecule has 2 rings (SSSR count). The van der Waals surface area contributed by atoms with E-state index in [1.165, 1.54) is 25.5 Å². The summed E-state index contributed by atoms with van der Waals surface area (Å²) in [7, 11) is -2.07. The van der Waals surface area contributed by atoms with Crippen LogP contribution in [0.1, 0.15) is 5.76 Å². The van der Waals surface area contributed by atoms with Gasteiger partial charge in [-0.05, 0) is 46.9 Å². The topological polar surface area (TPSA) is 68.5 Å². The Hall–Kier alpha value is -1.06. The molecule has 5 nitrogen and oxygen atoms in total. The molecule has 0 aliphatic carbocycles. The van der Waals surface area contributed by atoms with Crippen molar-refractivity contribution in [3.63, 3.8) is 0 Å². The van der Waals surface area contributed by atoms with Crippen molar-refractivity contribution in [2.75, 3.05) is 7.11 Å². The minimum absolute atomic E-state index is 0.115. The van der Waals surface area contributed by atoms with Crippen LogP contribution in [0.4, 0.5) is 0 Å². The number of sulfonamides is 1. The normalized spacial score (nSPS) is 11.5. The van der Waals surface area contributed by atoms with Gasteiger partial charge in [0.25, 0.3) is 0 Å². The molecule has 0 aliphatic heterocycles. The van der Waals surface area contributed by atoms with E-state index in [1.807, 2.05) is 0 Å². The fourth-order valence-corrected chi connectivity index (χ4v) is 3.03. The van der Waals surface area contributed by atoms with Gasteiger partial charge < -0.3 is 9.15 Å². The predicted molar refractivity (Wildman–Crippen MR) is 78.4 cm³/mol. The van der Waals surface area contributed by atoms with Crippen LogP contribution in [0.3, 0.4) is 0 Å². The van der Waals surface area contributed by atoms with E-state index in [9.17, 15) is 8.42 Å². The predicted octanol–water partition coefficient (Wildman–Crippen LogP) is 2.37. The zero-order valence-electron chi connectivity index (χ0n) is 10.1. The summed E-state index contributed by atoms with van der Waals surface area (Å²) in [4.78, 5) is 0.163. The zero-order valence-corrected chi connectivity index (χ0v) is 13.1. The van der Waals surface area contributed by atoms with Crippen LogP contribution in [0.2, 0.25) is 0 Å². The molecule has 102 valence electrons. The first-order valence-corrected chi connectivity index (χ1v) is 7.95. The molecule has 1 N–H and O–H groups in total. The molecule has 0 fully saturated rings. The van der Waals surface area contributed by atoms with E-state index in [0.29, 0.717) is 11.5 Å². The largest absolute Gasteiger partial charge is 0.496 e. The van der Waals surface area contributed by atoms with Gasteiger partial charge in [-0.25, -0.2) is 13.1 Å². The highest BCUT2D eigenvalue weighted by molar-refractivity contribution is 14.1. The fraction of sp³-hybridized carbons (Fsp3) is 0.167. The van der Waals surface area contributed by atoms with Gasteiger partial charge in [0.15, 0.2) is 0 Å². The standard InChI is InChI=1S/C12H12INO4S/c1-17-12-7-10(4-5-11(12)13)19(15,16)14-8-9-3-2-6-18-9/h2-7,14H,8H2,1H3. The minimum Gasteiger partial charge on any atom is -0.496 e. The van der Waals surface area contributed by atoms with Gasteiger partial charge >= 0.3 is 0 Å². The van der Waals surface area contributed by atoms with Gasteiger partial charge in [0.1, 0.15) is 11.5 Å². The molecule has 0 radical (unpaired) electrons. The fourth-order valence-electron chi connectivity index (χ4n) is 1.47. The number of hydrogen-bond acceptors (Lipinski definition) is 4. The number of hydrogen-bond donors (Lipinski definition) is 1. The molecule has 0 unspecified atom stereocenters. The maximum Gasteiger partial charge on any atom is 0.241 e. The van der Waals surface area contributed by atoms with Crippen molar-refractivity contribution in [3.8, 4) is 5.75 Å². The molecule has 1 aromatic heterocycles. The quantitative estimate of drug-likeness (QED) is 0.793. The van der Waals surface area contributed by atoms with Crippen molar-refractivity contribution in [3.05, 3.63) is 45.9 Å². The van der Waals surface area contributed by atoms with Gasteiger partial charge in [-0.1, -0.05) is 0 Å². The third kappa shape index (κ3) is 3.48. The second kappa shape index (κ2) is 5.93. The van der Waals surface area contributed by atoms with E-state index in [1.54, 1.807) is 18.2 Å². The Morgan fingerprint density at radius 3 is 2.79 bits per heavy atom. The van der Waals surface area contributed by atoms with E-state index in [4.69, 9.17) is 9.15 Å². The number of benzene rings is 1. The van der Waals surface area contributed by atoms with Crippen molar-refractivity contribution in [1.82, 2.24) is 4.72 Å². The van der Waals surface area contributed by atoms with Crippen molar-refractivity contribution in [1.29, 1.82) is 0 Å². The molecular weight excluding hydrogens is 381 g/mol. The Bertz CT molecular complexity index is 652. The van der Waals surface area contributed by atoms with Gasteiger partial charge in [0.2, 0.25) is 10.0 Å². The van der Waals surface area contributed by atoms with Crippen molar-refractivity contribution >= 4 is 32.6 Å². The Labute approximate surface area is 125 Å². The summed E-state index contributed by atoms with van der Waals surface area (Å²) < 4.78 is 37.7. The van der Waals surface area contributed by atoms with E-state index >= 15 is 0 Å². The van der Waals surface area contributed by atoms with E-state index in [2.05, 4.69) is 27.3 Å². The molecule has 0 saturated heterocycles. The maximum atomic E-state index is 12.1. The second-order valence-corrected chi connectivity index (χ2v) is 6.63. The lowest BCUT2D eigenvalue weighted by Gasteiger charge is -2.08. The maximum absolute atomic E-state index is 12.1. The van der Waals surface area contributed by atoms with Crippen LogP contribution in [0, 0.1) is 3.57 Å². The van der Waals surface area contributed by atoms with E-state index < -0.39 is 10.0 Å². The summed E-state index contributed by atoms with van der Waals surface area (Å²) in [5.41, 5.74) is 0. The summed E-state index contributed by atoms with van der Waals surface area (Å²) in [6, 6.07) is 8.14. The average Bonchev–Trinajstić information content (AvgIpc) is 2.90. The highest BCUT2D eigenvalue weighted by Gasteiger charge is 2.16. The number of methoxy groups -OCH3 is 1. The molecule has 1 aromatic carbocycles. The van der Waals surface area contributed by atoms with Gasteiger partial charge in [-0.2, -0.15) is 0 Å². The Morgan fingerprint density at radius 2 is 2.16 bits per heavy atom. The molecule has 19 heavy (non-hydrogen) atoms. The van der Waals surface area contributed by atoms with Crippen molar-refractivity contribution < 1.29 is 17.6 Å². The van der Waals surface area contributed by atoms with E-state index in [-0.39, 0.29) is 11.4 Å². The van der Waals surface area contributed by atoms with Crippen LogP contribution >= 0.6 is 22.6 Å². The summed E-state index contributed by atoms with van der Waals surface area (Å²) in [5, 5.41) is 0. The summed E-state index contributed by atoms with van der Waals surface area (Å²) >= 11 is 2.08. The Balaban J connectivity index is 2.19. The van der Waals surface area contributed by atoms with Crippen LogP contribution < -0.4 is 9.46 Å². The molecule has 1 heterocycles. The highest BCUT2D eigenvalue weighted by atomic mass is 127. The number of nitrogens with one attached hydrogen (secondary N) is 1. The van der Waals surface area contributed by atoms with Crippen molar-refractivity contribution in [2.24, 2.45) is 0 Å². The molecule has 2 aromatic rings. The molecule has 0 atom stereocenters. The van der Waals surface area contributed by atoms with Gasteiger partial charge in [-0.15, -0.1) is 0 Å². The molecule has 0 amide bonds. The lowest BCUT2D eigenvalue weighted by Crippen LogP contribution is -2.23. The first kappa shape index (κ1) is 14.4. The molecule has 0 spiro atoms. The molecular formula is C12H12INO4S. The first-order valence-electron chi connectivity index (χ1n) is 5.38. The second-order valence-electron chi connectivity index (χ2n) is 3.70. The number of rotatable bonds is 5. The molecule has 0 aliphatic rings. The Morgan fingerprint density at radius 1 is 1.37 bits per heavy atom. The lowest BCUT2D eigenvalue weighted by molar-refractivity contribution is 0.410. The third-order valence-electron chi connectivity index (χ3n) is 2.45. The smallest absolute Gasteiger partial charge is 0.241 e. The van der Waals surface area contributed by atoms with Gasteiger partial charge in [0, 0.05) is 6.07 Å². The lowest BCUT2D eigenvalue weighted by atomic mass is 10.3. The number of ether oxygens (including phenoxy) is 1. The number of furan rings is 1. The summed E-state index contributed by atoms with van der Waals surface area (Å²) in [5.74, 6) is 1.09. The molecule has 0 bridgehead atoms. The summed E-state index contributed by atoms with van der Waals surface area (Å²) in [6.07, 6.45) is 1.50. The minimum atomic E-state index is -3.58. The molecule has 7 heteroatoms. The first-order chi connectivity index (χ1) is 9.03. The zero-order chi connectivity index (χ0) is 13.9. The van der Waals surface area contributed by atoms with Crippen LogP contribution in [-0.2, 0) is 16.6 Å². The molecule has 0 saturated carbocycles. The average molecular weight is 393 g/mol. The van der Waals surface area contributed by atoms with Crippen LogP contribution in [0.25, 0.3) is 0 Å². The number of halogens is 1. The van der Waals surface area contributed by atoms with Crippen LogP contribution in [0.5, 0.6) is 5.75 Å². The highest BCUT2D eigenvalue weighted by Crippen LogP contribution is 2.24. The van der Waals surface area contributed by atoms with Gasteiger partial charge in [0.05, 0.1) is 28.4 Å². The Kier molecular flexibility index (Phi) is 4.48. The monoisotopic (exact) mass is 393 g/mol. The van der Waals surface area contributed by atoms with Crippen LogP contribution in [0.15, 0.2) is 45.9 Å². The van der Waals surface area contributed by atoms with Crippen molar-refractivity contribution in [2.45, 2.75) is 11.4 Å². The van der Waals surface area contributed by atoms with Crippen LogP contribution in [-0.4, -0.2) is 15.5 Å². The summed E-state index contributed by atoms with van der Waals surface area (Å²) in [6.45, 7) is 0.115. The van der Waals surface area contributed by atoms with E-state index in [0.717, 1.165) is 3.57 Å². The van der Waals surface area contributed by atoms with Gasteiger partial charge in [-0.3, -0.25) is 0 Å². The third-order valence-corrected chi connectivity index (χ3v) is 4.74.